The van der Waals surface area contributed by atoms with Crippen LogP contribution in [0.2, 0.25) is 5.02 Å². The van der Waals surface area contributed by atoms with Gasteiger partial charge in [-0.05, 0) is 18.6 Å². The molecular weight excluding hydrogens is 270 g/mol. The van der Waals surface area contributed by atoms with Crippen LogP contribution in [0.25, 0.3) is 10.2 Å². The van der Waals surface area contributed by atoms with E-state index in [0.29, 0.717) is 22.6 Å². The smallest absolute Gasteiger partial charge is 0.241 e. The molecule has 1 aromatic carbocycles. The quantitative estimate of drug-likeness (QED) is 0.906. The number of nitrogens with zero attached hydrogens (tertiary/aromatic N) is 1. The number of fused-ring (bicyclic) bond motifs is 1. The zero-order valence-corrected chi connectivity index (χ0v) is 11.5. The number of carbonyl (C=O) groups excluding carboxylic acids is 1. The standard InChI is InChI=1S/C12H14ClN3OS/c1-2-3-8(14)12(17)16-10-7(13)4-5-9-11(10)15-6-18-9/h4-6,8H,2-3,14H2,1H3,(H,16,17)/t8-/m0/s1. The van der Waals surface area contributed by atoms with E-state index >= 15 is 0 Å². The number of aromatic nitrogens is 1. The molecule has 0 saturated carbocycles. The van der Waals surface area contributed by atoms with E-state index in [1.165, 1.54) is 11.3 Å². The molecule has 0 aliphatic rings. The summed E-state index contributed by atoms with van der Waals surface area (Å²) >= 11 is 7.60. The largest absolute Gasteiger partial charge is 0.322 e. The van der Waals surface area contributed by atoms with Crippen LogP contribution < -0.4 is 11.1 Å². The highest BCUT2D eigenvalue weighted by Crippen LogP contribution is 2.32. The Balaban J connectivity index is 2.28. The van der Waals surface area contributed by atoms with Crippen molar-refractivity contribution in [2.45, 2.75) is 25.8 Å². The zero-order chi connectivity index (χ0) is 13.1. The van der Waals surface area contributed by atoms with Gasteiger partial charge in [0, 0.05) is 0 Å². The molecule has 0 spiro atoms. The molecule has 18 heavy (non-hydrogen) atoms. The Morgan fingerprint density at radius 3 is 3.11 bits per heavy atom. The minimum atomic E-state index is -0.514. The van der Waals surface area contributed by atoms with Crippen molar-refractivity contribution in [3.63, 3.8) is 0 Å². The molecule has 1 amide bonds. The van der Waals surface area contributed by atoms with Crippen LogP contribution in [0.15, 0.2) is 17.6 Å². The second-order valence-corrected chi connectivity index (χ2v) is 5.30. The summed E-state index contributed by atoms with van der Waals surface area (Å²) in [5.41, 5.74) is 8.76. The minimum Gasteiger partial charge on any atom is -0.322 e. The Morgan fingerprint density at radius 2 is 2.39 bits per heavy atom. The minimum absolute atomic E-state index is 0.223. The lowest BCUT2D eigenvalue weighted by molar-refractivity contribution is -0.117. The van der Waals surface area contributed by atoms with Gasteiger partial charge in [0.25, 0.3) is 0 Å². The molecule has 3 N–H and O–H groups in total. The molecule has 2 aromatic rings. The van der Waals surface area contributed by atoms with E-state index in [2.05, 4.69) is 10.3 Å². The maximum Gasteiger partial charge on any atom is 0.241 e. The molecule has 2 rings (SSSR count). The maximum absolute atomic E-state index is 11.9. The van der Waals surface area contributed by atoms with E-state index < -0.39 is 6.04 Å². The predicted molar refractivity (Wildman–Crippen MR) is 76.1 cm³/mol. The molecular formula is C12H14ClN3OS. The first-order valence-electron chi connectivity index (χ1n) is 5.71. The Labute approximate surface area is 114 Å². The zero-order valence-electron chi connectivity index (χ0n) is 9.94. The van der Waals surface area contributed by atoms with Gasteiger partial charge in [-0.25, -0.2) is 4.98 Å². The molecule has 0 aliphatic carbocycles. The number of hydrogen-bond acceptors (Lipinski definition) is 4. The van der Waals surface area contributed by atoms with E-state index in [9.17, 15) is 4.79 Å². The number of anilines is 1. The highest BCUT2D eigenvalue weighted by atomic mass is 35.5. The summed E-state index contributed by atoms with van der Waals surface area (Å²) in [4.78, 5) is 16.1. The number of amides is 1. The van der Waals surface area contributed by atoms with E-state index in [1.54, 1.807) is 11.6 Å². The van der Waals surface area contributed by atoms with E-state index in [0.717, 1.165) is 11.1 Å². The van der Waals surface area contributed by atoms with Crippen LogP contribution in [-0.4, -0.2) is 16.9 Å². The van der Waals surface area contributed by atoms with Crippen molar-refractivity contribution in [2.75, 3.05) is 5.32 Å². The van der Waals surface area contributed by atoms with Gasteiger partial charge in [-0.3, -0.25) is 4.79 Å². The molecule has 0 aliphatic heterocycles. The van der Waals surface area contributed by atoms with Crippen molar-refractivity contribution in [1.82, 2.24) is 4.98 Å². The highest BCUT2D eigenvalue weighted by Gasteiger charge is 2.16. The summed E-state index contributed by atoms with van der Waals surface area (Å²) in [6.07, 6.45) is 1.51. The summed E-state index contributed by atoms with van der Waals surface area (Å²) in [5.74, 6) is -0.223. The van der Waals surface area contributed by atoms with Gasteiger partial charge < -0.3 is 11.1 Å². The third-order valence-corrected chi connectivity index (χ3v) is 3.75. The average Bonchev–Trinajstić information content (AvgIpc) is 2.81. The third-order valence-electron chi connectivity index (χ3n) is 2.64. The van der Waals surface area contributed by atoms with Crippen molar-refractivity contribution in [3.05, 3.63) is 22.7 Å². The van der Waals surface area contributed by atoms with Crippen molar-refractivity contribution in [1.29, 1.82) is 0 Å². The third kappa shape index (κ3) is 2.63. The Bertz CT molecular complexity index is 569. The first kappa shape index (κ1) is 13.3. The average molecular weight is 284 g/mol. The van der Waals surface area contributed by atoms with Gasteiger partial charge in [0.1, 0.15) is 5.52 Å². The van der Waals surface area contributed by atoms with Gasteiger partial charge in [0.05, 0.1) is 27.0 Å². The highest BCUT2D eigenvalue weighted by molar-refractivity contribution is 7.16. The van der Waals surface area contributed by atoms with E-state index in [1.807, 2.05) is 13.0 Å². The number of carbonyl (C=O) groups is 1. The van der Waals surface area contributed by atoms with Crippen LogP contribution in [0.4, 0.5) is 5.69 Å². The number of rotatable bonds is 4. The summed E-state index contributed by atoms with van der Waals surface area (Å²) in [7, 11) is 0. The Morgan fingerprint density at radius 1 is 1.61 bits per heavy atom. The first-order chi connectivity index (χ1) is 8.63. The van der Waals surface area contributed by atoms with Crippen molar-refractivity contribution in [3.8, 4) is 0 Å². The number of nitrogens with two attached hydrogens (primary N) is 1. The van der Waals surface area contributed by atoms with Gasteiger partial charge in [0.15, 0.2) is 0 Å². The van der Waals surface area contributed by atoms with Crippen molar-refractivity contribution in [2.24, 2.45) is 5.73 Å². The van der Waals surface area contributed by atoms with Crippen LogP contribution in [0.1, 0.15) is 19.8 Å². The number of hydrogen-bond donors (Lipinski definition) is 2. The van der Waals surface area contributed by atoms with Crippen molar-refractivity contribution >= 4 is 44.7 Å². The summed E-state index contributed by atoms with van der Waals surface area (Å²) in [6.45, 7) is 1.99. The lowest BCUT2D eigenvalue weighted by Gasteiger charge is -2.12. The monoisotopic (exact) mass is 283 g/mol. The van der Waals surface area contributed by atoms with Crippen LogP contribution in [0.5, 0.6) is 0 Å². The van der Waals surface area contributed by atoms with Crippen LogP contribution >= 0.6 is 22.9 Å². The number of thiazole rings is 1. The summed E-state index contributed by atoms with van der Waals surface area (Å²) in [5, 5.41) is 3.25. The van der Waals surface area contributed by atoms with Gasteiger partial charge in [0.2, 0.25) is 5.91 Å². The fraction of sp³-hybridized carbons (Fsp3) is 0.333. The number of halogens is 1. The fourth-order valence-electron chi connectivity index (χ4n) is 1.68. The van der Waals surface area contributed by atoms with Crippen molar-refractivity contribution < 1.29 is 4.79 Å². The Kier molecular flexibility index (Phi) is 4.16. The van der Waals surface area contributed by atoms with Gasteiger partial charge in [-0.2, -0.15) is 0 Å². The summed E-state index contributed by atoms with van der Waals surface area (Å²) in [6, 6.07) is 3.12. The SMILES string of the molecule is CCC[C@H](N)C(=O)Nc1c(Cl)ccc2scnc12. The first-order valence-corrected chi connectivity index (χ1v) is 6.97. The Hall–Kier alpha value is -1.17. The van der Waals surface area contributed by atoms with Gasteiger partial charge in [-0.1, -0.05) is 24.9 Å². The van der Waals surface area contributed by atoms with Crippen LogP contribution in [0.3, 0.4) is 0 Å². The molecule has 1 heterocycles. The van der Waals surface area contributed by atoms with E-state index in [4.69, 9.17) is 17.3 Å². The molecule has 96 valence electrons. The molecule has 0 unspecified atom stereocenters. The van der Waals surface area contributed by atoms with Gasteiger partial charge >= 0.3 is 0 Å². The molecule has 0 radical (unpaired) electrons. The lowest BCUT2D eigenvalue weighted by atomic mass is 10.1. The molecule has 1 aromatic heterocycles. The van der Waals surface area contributed by atoms with E-state index in [-0.39, 0.29) is 5.91 Å². The molecule has 4 nitrogen and oxygen atoms in total. The van der Waals surface area contributed by atoms with Gasteiger partial charge in [-0.15, -0.1) is 11.3 Å². The second-order valence-electron chi connectivity index (χ2n) is 4.01. The fourth-order valence-corrected chi connectivity index (χ4v) is 2.57. The lowest BCUT2D eigenvalue weighted by Crippen LogP contribution is -2.35. The number of nitrogens with one attached hydrogen (secondary N) is 1. The number of benzene rings is 1. The second kappa shape index (κ2) is 5.65. The normalized spacial score (nSPS) is 12.6. The summed E-state index contributed by atoms with van der Waals surface area (Å²) < 4.78 is 0.985. The molecule has 0 fully saturated rings. The molecule has 0 saturated heterocycles. The molecule has 1 atom stereocenters. The molecule has 6 heteroatoms. The maximum atomic E-state index is 11.9. The topological polar surface area (TPSA) is 68.0 Å². The van der Waals surface area contributed by atoms with Crippen LogP contribution in [-0.2, 0) is 4.79 Å². The predicted octanol–water partition coefficient (Wildman–Crippen LogP) is 3.02. The van der Waals surface area contributed by atoms with Crippen LogP contribution in [0, 0.1) is 0 Å². The molecule has 0 bridgehead atoms.